The van der Waals surface area contributed by atoms with Crippen LogP contribution in [0, 0.1) is 5.92 Å². The molecule has 88 valence electrons. The van der Waals surface area contributed by atoms with E-state index < -0.39 is 0 Å². The van der Waals surface area contributed by atoms with Gasteiger partial charge < -0.3 is 9.32 Å². The van der Waals surface area contributed by atoms with Crippen molar-refractivity contribution >= 4 is 29.1 Å². The predicted octanol–water partition coefficient (Wildman–Crippen LogP) is 3.02. The number of hydrogen-bond acceptors (Lipinski definition) is 2. The van der Waals surface area contributed by atoms with Gasteiger partial charge in [-0.3, -0.25) is 4.79 Å². The van der Waals surface area contributed by atoms with Crippen LogP contribution in [0.4, 0.5) is 0 Å². The minimum atomic E-state index is -0.0493. The van der Waals surface area contributed by atoms with Gasteiger partial charge in [0.2, 0.25) is 5.22 Å². The van der Waals surface area contributed by atoms with Crippen molar-refractivity contribution < 1.29 is 9.21 Å². The summed E-state index contributed by atoms with van der Waals surface area (Å²) in [5.41, 5.74) is 0.450. The fraction of sp³-hybridized carbons (Fsp3) is 0.545. The Hall–Kier alpha value is -0.670. The molecule has 1 saturated heterocycles. The summed E-state index contributed by atoms with van der Waals surface area (Å²) in [6.07, 6.45) is 3.36. The van der Waals surface area contributed by atoms with Crippen molar-refractivity contribution in [1.29, 1.82) is 0 Å². The molecule has 1 aliphatic rings. The van der Waals surface area contributed by atoms with Gasteiger partial charge in [-0.05, 0) is 36.4 Å². The summed E-state index contributed by atoms with van der Waals surface area (Å²) in [6.45, 7) is 1.50. The molecular weight excluding hydrogens is 249 g/mol. The smallest absolute Gasteiger partial charge is 0.258 e. The van der Waals surface area contributed by atoms with Crippen LogP contribution in [0.15, 0.2) is 16.7 Å². The molecule has 0 spiro atoms. The van der Waals surface area contributed by atoms with Crippen LogP contribution >= 0.6 is 23.2 Å². The second-order valence-electron chi connectivity index (χ2n) is 4.00. The third-order valence-corrected chi connectivity index (χ3v) is 3.70. The van der Waals surface area contributed by atoms with Crippen LogP contribution in [0.1, 0.15) is 23.2 Å². The lowest BCUT2D eigenvalue weighted by Crippen LogP contribution is -2.38. The van der Waals surface area contributed by atoms with Crippen molar-refractivity contribution in [3.8, 4) is 0 Å². The first-order chi connectivity index (χ1) is 7.72. The number of nitrogens with zero attached hydrogens (tertiary/aromatic N) is 1. The number of amides is 1. The van der Waals surface area contributed by atoms with Gasteiger partial charge in [0, 0.05) is 19.0 Å². The first kappa shape index (κ1) is 11.8. The number of rotatable bonds is 2. The number of piperidine rings is 1. The third kappa shape index (κ3) is 2.36. The summed E-state index contributed by atoms with van der Waals surface area (Å²) in [5, 5.41) is 0.171. The Kier molecular flexibility index (Phi) is 3.77. The fourth-order valence-corrected chi connectivity index (χ4v) is 2.41. The lowest BCUT2D eigenvalue weighted by Gasteiger charge is -2.30. The molecule has 0 bridgehead atoms. The zero-order valence-corrected chi connectivity index (χ0v) is 10.3. The van der Waals surface area contributed by atoms with Gasteiger partial charge in [-0.1, -0.05) is 0 Å². The van der Waals surface area contributed by atoms with Crippen molar-refractivity contribution in [2.75, 3.05) is 19.0 Å². The Bertz CT molecular complexity index is 370. The number of alkyl halides is 1. The number of carbonyl (C=O) groups is 1. The number of furan rings is 1. The highest BCUT2D eigenvalue weighted by Gasteiger charge is 2.25. The normalized spacial score (nSPS) is 17.8. The number of halogens is 2. The van der Waals surface area contributed by atoms with Crippen molar-refractivity contribution in [2.45, 2.75) is 12.8 Å². The molecular formula is C11H13Cl2NO2. The highest BCUT2D eigenvalue weighted by atomic mass is 35.5. The van der Waals surface area contributed by atoms with Gasteiger partial charge in [0.15, 0.2) is 0 Å². The van der Waals surface area contributed by atoms with Crippen LogP contribution in [-0.4, -0.2) is 29.8 Å². The maximum absolute atomic E-state index is 12.0. The molecule has 1 fully saturated rings. The van der Waals surface area contributed by atoms with E-state index in [-0.39, 0.29) is 11.1 Å². The first-order valence-corrected chi connectivity index (χ1v) is 6.22. The number of hydrogen-bond donors (Lipinski definition) is 0. The highest BCUT2D eigenvalue weighted by molar-refractivity contribution is 6.32. The molecule has 1 aromatic heterocycles. The third-order valence-electron chi connectivity index (χ3n) is 2.97. The topological polar surface area (TPSA) is 33.5 Å². The molecule has 2 heterocycles. The molecule has 3 nitrogen and oxygen atoms in total. The average molecular weight is 262 g/mol. The monoisotopic (exact) mass is 261 g/mol. The van der Waals surface area contributed by atoms with E-state index in [1.807, 2.05) is 0 Å². The zero-order valence-electron chi connectivity index (χ0n) is 8.79. The molecule has 2 rings (SSSR count). The van der Waals surface area contributed by atoms with Gasteiger partial charge in [-0.15, -0.1) is 11.6 Å². The van der Waals surface area contributed by atoms with Crippen molar-refractivity contribution in [2.24, 2.45) is 5.92 Å². The summed E-state index contributed by atoms with van der Waals surface area (Å²) in [7, 11) is 0. The van der Waals surface area contributed by atoms with Gasteiger partial charge in [0.05, 0.1) is 11.8 Å². The SMILES string of the molecule is O=C(c1ccoc1Cl)N1CCC(CCl)CC1. The van der Waals surface area contributed by atoms with Gasteiger partial charge >= 0.3 is 0 Å². The summed E-state index contributed by atoms with van der Waals surface area (Å²) in [5.74, 6) is 1.16. The van der Waals surface area contributed by atoms with Crippen LogP contribution in [0.2, 0.25) is 5.22 Å². The number of likely N-dealkylation sites (tertiary alicyclic amines) is 1. The minimum absolute atomic E-state index is 0.0493. The second kappa shape index (κ2) is 5.11. The van der Waals surface area contributed by atoms with E-state index >= 15 is 0 Å². The lowest BCUT2D eigenvalue weighted by atomic mass is 9.98. The second-order valence-corrected chi connectivity index (χ2v) is 4.65. The molecule has 0 unspecified atom stereocenters. The number of carbonyl (C=O) groups excluding carboxylic acids is 1. The molecule has 5 heteroatoms. The molecule has 0 aromatic carbocycles. The van der Waals surface area contributed by atoms with E-state index in [0.29, 0.717) is 17.4 Å². The molecule has 0 N–H and O–H groups in total. The van der Waals surface area contributed by atoms with Crippen molar-refractivity contribution in [1.82, 2.24) is 4.90 Å². The van der Waals surface area contributed by atoms with E-state index in [1.54, 1.807) is 11.0 Å². The highest BCUT2D eigenvalue weighted by Crippen LogP contribution is 2.23. The maximum atomic E-state index is 12.0. The predicted molar refractivity (Wildman–Crippen MR) is 63.1 cm³/mol. The summed E-state index contributed by atoms with van der Waals surface area (Å²) in [4.78, 5) is 13.8. The summed E-state index contributed by atoms with van der Waals surface area (Å²) < 4.78 is 4.92. The molecule has 0 atom stereocenters. The zero-order chi connectivity index (χ0) is 11.5. The van der Waals surface area contributed by atoms with Gasteiger partial charge in [0.25, 0.3) is 5.91 Å². The molecule has 16 heavy (non-hydrogen) atoms. The van der Waals surface area contributed by atoms with Crippen LogP contribution in [0.25, 0.3) is 0 Å². The van der Waals surface area contributed by atoms with Gasteiger partial charge in [0.1, 0.15) is 0 Å². The van der Waals surface area contributed by atoms with E-state index in [4.69, 9.17) is 27.6 Å². The van der Waals surface area contributed by atoms with Gasteiger partial charge in [-0.2, -0.15) is 0 Å². The Balaban J connectivity index is 2.00. The van der Waals surface area contributed by atoms with E-state index in [9.17, 15) is 4.79 Å². The molecule has 0 radical (unpaired) electrons. The Labute approximate surface area is 104 Å². The van der Waals surface area contributed by atoms with E-state index in [2.05, 4.69) is 0 Å². The van der Waals surface area contributed by atoms with Crippen LogP contribution in [0.5, 0.6) is 0 Å². The molecule has 1 aliphatic heterocycles. The van der Waals surface area contributed by atoms with Crippen molar-refractivity contribution in [3.05, 3.63) is 23.1 Å². The van der Waals surface area contributed by atoms with Crippen LogP contribution in [0.3, 0.4) is 0 Å². The fourth-order valence-electron chi connectivity index (χ4n) is 1.91. The largest absolute Gasteiger partial charge is 0.452 e. The first-order valence-electron chi connectivity index (χ1n) is 5.30. The van der Waals surface area contributed by atoms with E-state index in [0.717, 1.165) is 25.9 Å². The molecule has 1 aromatic rings. The van der Waals surface area contributed by atoms with E-state index in [1.165, 1.54) is 6.26 Å². The van der Waals surface area contributed by atoms with Crippen LogP contribution in [-0.2, 0) is 0 Å². The summed E-state index contributed by atoms with van der Waals surface area (Å²) in [6, 6.07) is 1.61. The minimum Gasteiger partial charge on any atom is -0.452 e. The Morgan fingerprint density at radius 1 is 1.50 bits per heavy atom. The lowest BCUT2D eigenvalue weighted by molar-refractivity contribution is 0.0697. The van der Waals surface area contributed by atoms with Crippen LogP contribution < -0.4 is 0 Å². The molecule has 1 amide bonds. The van der Waals surface area contributed by atoms with Crippen molar-refractivity contribution in [3.63, 3.8) is 0 Å². The Morgan fingerprint density at radius 2 is 2.19 bits per heavy atom. The maximum Gasteiger partial charge on any atom is 0.258 e. The molecule has 0 saturated carbocycles. The standard InChI is InChI=1S/C11H13Cl2NO2/c12-7-8-1-4-14(5-2-8)11(15)9-3-6-16-10(9)13/h3,6,8H,1-2,4-5,7H2. The average Bonchev–Trinajstić information content (AvgIpc) is 2.75. The van der Waals surface area contributed by atoms with Gasteiger partial charge in [-0.25, -0.2) is 0 Å². The quantitative estimate of drug-likeness (QED) is 0.767. The Morgan fingerprint density at radius 3 is 2.69 bits per heavy atom. The molecule has 0 aliphatic carbocycles. The summed E-state index contributed by atoms with van der Waals surface area (Å²) >= 11 is 11.6.